The molecule has 7 nitrogen and oxygen atoms in total. The van der Waals surface area contributed by atoms with Gasteiger partial charge in [-0.25, -0.2) is 9.59 Å². The van der Waals surface area contributed by atoms with Crippen LogP contribution in [0.1, 0.15) is 39.2 Å². The molecule has 0 aliphatic heterocycles. The lowest BCUT2D eigenvalue weighted by Crippen LogP contribution is -2.86. The summed E-state index contributed by atoms with van der Waals surface area (Å²) in [5.74, 6) is -1.47. The first-order chi connectivity index (χ1) is 13.0. The smallest absolute Gasteiger partial charge is 0.339 e. The molecule has 0 heterocycles. The van der Waals surface area contributed by atoms with Crippen LogP contribution in [0.25, 0.3) is 0 Å². The van der Waals surface area contributed by atoms with E-state index in [0.29, 0.717) is 0 Å². The van der Waals surface area contributed by atoms with Crippen molar-refractivity contribution in [3.63, 3.8) is 0 Å². The molecular formula is C20H23N2O5+. The molecule has 2 rings (SSSR count). The minimum atomic E-state index is -0.608. The first kappa shape index (κ1) is 20.1. The van der Waals surface area contributed by atoms with E-state index < -0.39 is 11.9 Å². The predicted molar refractivity (Wildman–Crippen MR) is 99.4 cm³/mol. The summed E-state index contributed by atoms with van der Waals surface area (Å²) in [6.45, 7) is 2.15. The number of quaternary nitrogens is 1. The second kappa shape index (κ2) is 9.49. The number of esters is 2. The van der Waals surface area contributed by atoms with Crippen molar-refractivity contribution < 1.29 is 29.2 Å². The highest BCUT2D eigenvalue weighted by molar-refractivity contribution is 6.03. The molecule has 3 N–H and O–H groups in total. The molecule has 0 bridgehead atoms. The Kier molecular flexibility index (Phi) is 7.08. The predicted octanol–water partition coefficient (Wildman–Crippen LogP) is 1.52. The van der Waals surface area contributed by atoms with E-state index in [1.165, 1.54) is 32.4 Å². The highest BCUT2D eigenvalue weighted by Gasteiger charge is 2.18. The fourth-order valence-electron chi connectivity index (χ4n) is 2.56. The van der Waals surface area contributed by atoms with Gasteiger partial charge in [0, 0.05) is 5.56 Å². The van der Waals surface area contributed by atoms with Gasteiger partial charge in [-0.1, -0.05) is 30.3 Å². The van der Waals surface area contributed by atoms with Gasteiger partial charge in [-0.3, -0.25) is 4.79 Å². The molecule has 0 fully saturated rings. The number of nitrogens with one attached hydrogen (secondary N) is 1. The van der Waals surface area contributed by atoms with Crippen LogP contribution in [0.15, 0.2) is 48.5 Å². The standard InChI is InChI=1S/C20H22N2O5/c1-13(14-7-5-4-6-8-14)21-12-18(23)22-17-11-15(19(24)26-2)9-10-16(17)20(25)27-3/h4-11,13,21H,12H2,1-3H3,(H,22,23)/p+1/t13-/m1/s1. The molecule has 0 aromatic heterocycles. The van der Waals surface area contributed by atoms with Crippen LogP contribution >= 0.6 is 0 Å². The van der Waals surface area contributed by atoms with Crippen molar-refractivity contribution >= 4 is 23.5 Å². The SMILES string of the molecule is COC(=O)c1ccc(C(=O)OC)c(NC(=O)C[NH2+][C@H](C)c2ccccc2)c1. The number of carbonyl (C=O) groups is 3. The number of hydrogen-bond acceptors (Lipinski definition) is 5. The monoisotopic (exact) mass is 371 g/mol. The minimum Gasteiger partial charge on any atom is -0.465 e. The third-order valence-electron chi connectivity index (χ3n) is 4.10. The molecule has 1 amide bonds. The highest BCUT2D eigenvalue weighted by atomic mass is 16.5. The van der Waals surface area contributed by atoms with Crippen LogP contribution in [-0.4, -0.2) is 38.6 Å². The highest BCUT2D eigenvalue weighted by Crippen LogP contribution is 2.19. The number of rotatable bonds is 7. The molecule has 0 aliphatic carbocycles. The average Bonchev–Trinajstić information content (AvgIpc) is 2.71. The number of hydrogen-bond donors (Lipinski definition) is 2. The zero-order chi connectivity index (χ0) is 19.8. The molecule has 0 spiro atoms. The summed E-state index contributed by atoms with van der Waals surface area (Å²) in [5, 5.41) is 4.55. The molecule has 27 heavy (non-hydrogen) atoms. The van der Waals surface area contributed by atoms with E-state index in [0.717, 1.165) is 5.56 Å². The third kappa shape index (κ3) is 5.39. The Morgan fingerprint density at radius 1 is 1.00 bits per heavy atom. The van der Waals surface area contributed by atoms with Gasteiger partial charge in [-0.05, 0) is 25.1 Å². The minimum absolute atomic E-state index is 0.0958. The Balaban J connectivity index is 2.10. The molecule has 142 valence electrons. The number of amides is 1. The van der Waals surface area contributed by atoms with Crippen LogP contribution in [-0.2, 0) is 14.3 Å². The number of carbonyl (C=O) groups excluding carboxylic acids is 3. The summed E-state index contributed by atoms with van der Waals surface area (Å²) < 4.78 is 9.40. The molecule has 2 aromatic carbocycles. The first-order valence-electron chi connectivity index (χ1n) is 8.45. The number of ether oxygens (including phenoxy) is 2. The third-order valence-corrected chi connectivity index (χ3v) is 4.10. The van der Waals surface area contributed by atoms with Crippen molar-refractivity contribution in [3.05, 3.63) is 65.2 Å². The first-order valence-corrected chi connectivity index (χ1v) is 8.45. The molecule has 0 saturated carbocycles. The largest absolute Gasteiger partial charge is 0.465 e. The van der Waals surface area contributed by atoms with E-state index in [9.17, 15) is 14.4 Å². The normalized spacial score (nSPS) is 11.4. The van der Waals surface area contributed by atoms with E-state index >= 15 is 0 Å². The quantitative estimate of drug-likeness (QED) is 0.719. The maximum absolute atomic E-state index is 12.4. The number of benzene rings is 2. The van der Waals surface area contributed by atoms with Crippen LogP contribution < -0.4 is 10.6 Å². The number of methoxy groups -OCH3 is 2. The fraction of sp³-hybridized carbons (Fsp3) is 0.250. The van der Waals surface area contributed by atoms with E-state index in [1.807, 2.05) is 42.6 Å². The van der Waals surface area contributed by atoms with E-state index in [1.54, 1.807) is 0 Å². The van der Waals surface area contributed by atoms with E-state index in [4.69, 9.17) is 4.74 Å². The lowest BCUT2D eigenvalue weighted by atomic mass is 10.1. The second-order valence-corrected chi connectivity index (χ2v) is 5.93. The second-order valence-electron chi connectivity index (χ2n) is 5.93. The van der Waals surface area contributed by atoms with Crippen LogP contribution in [0.4, 0.5) is 5.69 Å². The fourth-order valence-corrected chi connectivity index (χ4v) is 2.56. The molecule has 0 saturated heterocycles. The van der Waals surface area contributed by atoms with Crippen LogP contribution in [0.3, 0.4) is 0 Å². The van der Waals surface area contributed by atoms with Gasteiger partial charge in [0.25, 0.3) is 5.91 Å². The van der Waals surface area contributed by atoms with Crippen LogP contribution in [0.2, 0.25) is 0 Å². The zero-order valence-electron chi connectivity index (χ0n) is 15.5. The van der Waals surface area contributed by atoms with Gasteiger partial charge < -0.3 is 20.1 Å². The van der Waals surface area contributed by atoms with Gasteiger partial charge >= 0.3 is 11.9 Å². The lowest BCUT2D eigenvalue weighted by Gasteiger charge is -2.13. The Morgan fingerprint density at radius 3 is 2.30 bits per heavy atom. The van der Waals surface area contributed by atoms with Crippen molar-refractivity contribution in [2.75, 3.05) is 26.1 Å². The zero-order valence-corrected chi connectivity index (χ0v) is 15.5. The summed E-state index contributed by atoms with van der Waals surface area (Å²) in [6, 6.07) is 14.2. The summed E-state index contributed by atoms with van der Waals surface area (Å²) in [4.78, 5) is 36.0. The Bertz CT molecular complexity index is 820. The maximum atomic E-state index is 12.4. The van der Waals surface area contributed by atoms with Crippen molar-refractivity contribution in [1.29, 1.82) is 0 Å². The molecule has 0 aliphatic rings. The van der Waals surface area contributed by atoms with Crippen LogP contribution in [0, 0.1) is 0 Å². The van der Waals surface area contributed by atoms with Gasteiger partial charge in [0.2, 0.25) is 0 Å². The Labute approximate surface area is 157 Å². The van der Waals surface area contributed by atoms with Gasteiger partial charge in [-0.2, -0.15) is 0 Å². The van der Waals surface area contributed by atoms with Crippen molar-refractivity contribution in [2.24, 2.45) is 0 Å². The summed E-state index contributed by atoms with van der Waals surface area (Å²) in [5.41, 5.74) is 1.69. The van der Waals surface area contributed by atoms with Crippen molar-refractivity contribution in [3.8, 4) is 0 Å². The maximum Gasteiger partial charge on any atom is 0.339 e. The molecule has 0 unspecified atom stereocenters. The molecule has 7 heteroatoms. The summed E-state index contributed by atoms with van der Waals surface area (Å²) >= 11 is 0. The summed E-state index contributed by atoms with van der Waals surface area (Å²) in [7, 11) is 2.51. The van der Waals surface area contributed by atoms with Gasteiger partial charge in [0.05, 0.1) is 31.0 Å². The topological polar surface area (TPSA) is 98.3 Å². The molecule has 0 radical (unpaired) electrons. The number of nitrogens with two attached hydrogens (primary N) is 1. The molecular weight excluding hydrogens is 348 g/mol. The summed E-state index contributed by atoms with van der Waals surface area (Å²) in [6.07, 6.45) is 0. The Hall–Kier alpha value is -3.19. The van der Waals surface area contributed by atoms with Gasteiger partial charge in [0.15, 0.2) is 6.54 Å². The van der Waals surface area contributed by atoms with Gasteiger partial charge in [0.1, 0.15) is 6.04 Å². The number of anilines is 1. The van der Waals surface area contributed by atoms with Crippen molar-refractivity contribution in [1.82, 2.24) is 0 Å². The van der Waals surface area contributed by atoms with Gasteiger partial charge in [-0.15, -0.1) is 0 Å². The lowest BCUT2D eigenvalue weighted by molar-refractivity contribution is -0.682. The molecule has 2 aromatic rings. The average molecular weight is 371 g/mol. The Morgan fingerprint density at radius 2 is 1.67 bits per heavy atom. The molecule has 1 atom stereocenters. The van der Waals surface area contributed by atoms with Crippen molar-refractivity contribution in [2.45, 2.75) is 13.0 Å². The van der Waals surface area contributed by atoms with E-state index in [2.05, 4.69) is 10.1 Å². The van der Waals surface area contributed by atoms with E-state index in [-0.39, 0.29) is 35.3 Å². The van der Waals surface area contributed by atoms with Crippen LogP contribution in [0.5, 0.6) is 0 Å².